The van der Waals surface area contributed by atoms with Crippen LogP contribution in [-0.4, -0.2) is 42.4 Å². The van der Waals surface area contributed by atoms with E-state index in [0.29, 0.717) is 23.4 Å². The summed E-state index contributed by atoms with van der Waals surface area (Å²) in [4.78, 5) is 28.9. The molecular formula is C27H26FN3O3. The average molecular weight is 460 g/mol. The quantitative estimate of drug-likeness (QED) is 0.583. The van der Waals surface area contributed by atoms with Crippen molar-refractivity contribution in [1.82, 2.24) is 4.90 Å². The molecule has 2 saturated heterocycles. The molecule has 1 unspecified atom stereocenters. The maximum Gasteiger partial charge on any atom is 0.291 e. The molecule has 2 aromatic carbocycles. The smallest absolute Gasteiger partial charge is 0.291 e. The van der Waals surface area contributed by atoms with Gasteiger partial charge in [0.2, 0.25) is 5.91 Å². The molecular weight excluding hydrogens is 433 g/mol. The van der Waals surface area contributed by atoms with Gasteiger partial charge in [0.05, 0.1) is 6.04 Å². The van der Waals surface area contributed by atoms with Gasteiger partial charge >= 0.3 is 0 Å². The molecule has 0 spiro atoms. The van der Waals surface area contributed by atoms with Crippen LogP contribution in [-0.2, 0) is 4.79 Å². The van der Waals surface area contributed by atoms with Crippen molar-refractivity contribution in [2.45, 2.75) is 25.3 Å². The minimum absolute atomic E-state index is 0. The molecule has 3 aromatic rings. The van der Waals surface area contributed by atoms with Gasteiger partial charge in [0, 0.05) is 44.4 Å². The molecule has 2 aliphatic heterocycles. The lowest BCUT2D eigenvalue weighted by atomic mass is 10.2. The number of carbonyl (C=O) groups excluding carboxylic acids is 2. The molecule has 7 heteroatoms. The molecule has 1 N–H and O–H groups in total. The van der Waals surface area contributed by atoms with Crippen LogP contribution in [0.15, 0.2) is 65.1 Å². The molecule has 34 heavy (non-hydrogen) atoms. The van der Waals surface area contributed by atoms with Crippen LogP contribution in [0.3, 0.4) is 0 Å². The van der Waals surface area contributed by atoms with Gasteiger partial charge in [-0.15, -0.1) is 0 Å². The highest BCUT2D eigenvalue weighted by molar-refractivity contribution is 6.02. The van der Waals surface area contributed by atoms with E-state index in [0.717, 1.165) is 38.2 Å². The molecule has 1 aromatic heterocycles. The third-order valence-corrected chi connectivity index (χ3v) is 6.21. The number of furan rings is 1. The number of likely N-dealkylation sites (tertiary alicyclic amines) is 1. The SMILES string of the molecule is O=C(Nc1ccc(N2CCC(N3CCCC3=O)C2)cc1)c1ccc(C#Cc2ccc(F)cc2)o1.[HH]. The van der Waals surface area contributed by atoms with E-state index in [1.165, 1.54) is 12.1 Å². The first-order valence-electron chi connectivity index (χ1n) is 11.4. The molecule has 174 valence electrons. The first-order chi connectivity index (χ1) is 16.5. The Kier molecular flexibility index (Phi) is 6.05. The highest BCUT2D eigenvalue weighted by Gasteiger charge is 2.33. The highest BCUT2D eigenvalue weighted by Crippen LogP contribution is 2.27. The minimum atomic E-state index is -0.364. The lowest BCUT2D eigenvalue weighted by Crippen LogP contribution is -2.38. The fourth-order valence-electron chi connectivity index (χ4n) is 4.43. The van der Waals surface area contributed by atoms with Gasteiger partial charge in [-0.3, -0.25) is 9.59 Å². The number of nitrogens with zero attached hydrogens (tertiary/aromatic N) is 2. The van der Waals surface area contributed by atoms with E-state index < -0.39 is 0 Å². The third kappa shape index (κ3) is 4.81. The standard InChI is InChI=1S/C27H24FN3O3.H2/c28-20-6-3-19(4-7-20)5-12-24-13-14-25(34-24)27(33)29-21-8-10-22(11-9-21)30-17-15-23(18-30)31-16-1-2-26(31)32;/h3-4,6-11,13-14,23H,1-2,15-18H2,(H,29,33);1H. The van der Waals surface area contributed by atoms with Crippen LogP contribution in [0.1, 0.15) is 42.6 Å². The Morgan fingerprint density at radius 1 is 1.03 bits per heavy atom. The molecule has 0 radical (unpaired) electrons. The van der Waals surface area contributed by atoms with Crippen LogP contribution in [0.4, 0.5) is 15.8 Å². The Bertz CT molecular complexity index is 1260. The maximum atomic E-state index is 13.0. The van der Waals surface area contributed by atoms with E-state index >= 15 is 0 Å². The van der Waals surface area contributed by atoms with Crippen molar-refractivity contribution in [3.63, 3.8) is 0 Å². The Balaban J connectivity index is 0.00000289. The number of amides is 2. The van der Waals surface area contributed by atoms with Crippen molar-refractivity contribution in [1.29, 1.82) is 0 Å². The van der Waals surface area contributed by atoms with E-state index in [4.69, 9.17) is 4.42 Å². The number of nitrogens with one attached hydrogen (secondary N) is 1. The molecule has 2 fully saturated rings. The highest BCUT2D eigenvalue weighted by atomic mass is 19.1. The second-order valence-corrected chi connectivity index (χ2v) is 8.50. The predicted molar refractivity (Wildman–Crippen MR) is 129 cm³/mol. The summed E-state index contributed by atoms with van der Waals surface area (Å²) in [5.74, 6) is 5.81. The van der Waals surface area contributed by atoms with Crippen LogP contribution in [0.25, 0.3) is 0 Å². The Labute approximate surface area is 198 Å². The predicted octanol–water partition coefficient (Wildman–Crippen LogP) is 4.52. The van der Waals surface area contributed by atoms with E-state index in [9.17, 15) is 14.0 Å². The molecule has 3 heterocycles. The Morgan fingerprint density at radius 2 is 1.82 bits per heavy atom. The molecule has 6 nitrogen and oxygen atoms in total. The van der Waals surface area contributed by atoms with Crippen molar-refractivity contribution >= 4 is 23.2 Å². The summed E-state index contributed by atoms with van der Waals surface area (Å²) < 4.78 is 18.5. The summed E-state index contributed by atoms with van der Waals surface area (Å²) in [6, 6.07) is 17.0. The average Bonchev–Trinajstić information content (AvgIpc) is 3.60. The lowest BCUT2D eigenvalue weighted by molar-refractivity contribution is -0.129. The van der Waals surface area contributed by atoms with E-state index in [1.807, 2.05) is 29.2 Å². The number of anilines is 2. The van der Waals surface area contributed by atoms with Gasteiger partial charge in [0.25, 0.3) is 5.91 Å². The molecule has 1 atom stereocenters. The molecule has 0 saturated carbocycles. The first-order valence-corrected chi connectivity index (χ1v) is 11.4. The zero-order valence-electron chi connectivity index (χ0n) is 18.6. The summed E-state index contributed by atoms with van der Waals surface area (Å²) in [5, 5.41) is 2.83. The maximum absolute atomic E-state index is 13.0. The monoisotopic (exact) mass is 459 g/mol. The summed E-state index contributed by atoms with van der Waals surface area (Å²) >= 11 is 0. The van der Waals surface area contributed by atoms with Gasteiger partial charge in [-0.05, 0) is 79.4 Å². The van der Waals surface area contributed by atoms with Crippen molar-refractivity contribution < 1.29 is 19.8 Å². The van der Waals surface area contributed by atoms with Gasteiger partial charge in [0.15, 0.2) is 11.5 Å². The van der Waals surface area contributed by atoms with E-state index in [2.05, 4.69) is 22.1 Å². The number of hydrogen-bond acceptors (Lipinski definition) is 4. The topological polar surface area (TPSA) is 65.8 Å². The number of rotatable bonds is 4. The van der Waals surface area contributed by atoms with E-state index in [1.54, 1.807) is 24.3 Å². The summed E-state index contributed by atoms with van der Waals surface area (Å²) in [6.07, 6.45) is 2.61. The van der Waals surface area contributed by atoms with Gasteiger partial charge in [-0.1, -0.05) is 5.92 Å². The van der Waals surface area contributed by atoms with Crippen molar-refractivity contribution in [2.75, 3.05) is 29.9 Å². The largest absolute Gasteiger partial charge is 0.443 e. The number of halogens is 1. The minimum Gasteiger partial charge on any atom is -0.443 e. The van der Waals surface area contributed by atoms with Gasteiger partial charge in [-0.2, -0.15) is 0 Å². The second-order valence-electron chi connectivity index (χ2n) is 8.50. The molecule has 5 rings (SSSR count). The van der Waals surface area contributed by atoms with Crippen molar-refractivity contribution in [2.24, 2.45) is 0 Å². The third-order valence-electron chi connectivity index (χ3n) is 6.21. The van der Waals surface area contributed by atoms with Crippen LogP contribution >= 0.6 is 0 Å². The number of hydrogen-bond donors (Lipinski definition) is 1. The second kappa shape index (κ2) is 9.44. The molecule has 0 aliphatic carbocycles. The van der Waals surface area contributed by atoms with Crippen LogP contribution in [0, 0.1) is 17.7 Å². The normalized spacial score (nSPS) is 17.6. The van der Waals surface area contributed by atoms with Gasteiger partial charge in [-0.25, -0.2) is 4.39 Å². The Hall–Kier alpha value is -4.05. The van der Waals surface area contributed by atoms with Gasteiger partial charge in [0.1, 0.15) is 5.82 Å². The first kappa shape index (κ1) is 21.8. The molecule has 2 aliphatic rings. The summed E-state index contributed by atoms with van der Waals surface area (Å²) in [5.41, 5.74) is 2.39. The van der Waals surface area contributed by atoms with Crippen LogP contribution in [0.2, 0.25) is 0 Å². The fraction of sp³-hybridized carbons (Fsp3) is 0.259. The summed E-state index contributed by atoms with van der Waals surface area (Å²) in [7, 11) is 0. The van der Waals surface area contributed by atoms with Gasteiger partial charge < -0.3 is 19.5 Å². The zero-order chi connectivity index (χ0) is 23.5. The molecule has 0 bridgehead atoms. The Morgan fingerprint density at radius 3 is 2.56 bits per heavy atom. The van der Waals surface area contributed by atoms with E-state index in [-0.39, 0.29) is 30.9 Å². The van der Waals surface area contributed by atoms with Crippen LogP contribution < -0.4 is 10.2 Å². The zero-order valence-corrected chi connectivity index (χ0v) is 18.6. The molecule has 2 amide bonds. The lowest BCUT2D eigenvalue weighted by Gasteiger charge is -2.25. The van der Waals surface area contributed by atoms with Crippen molar-refractivity contribution in [3.05, 3.63) is 83.6 Å². The van der Waals surface area contributed by atoms with Crippen molar-refractivity contribution in [3.8, 4) is 11.8 Å². The fourth-order valence-corrected chi connectivity index (χ4v) is 4.43. The van der Waals surface area contributed by atoms with Crippen LogP contribution in [0.5, 0.6) is 0 Å². The number of benzene rings is 2. The number of carbonyl (C=O) groups is 2. The summed E-state index contributed by atoms with van der Waals surface area (Å²) in [6.45, 7) is 2.62.